The molecule has 0 aliphatic rings. The third kappa shape index (κ3) is 7.97. The molecule has 0 aromatic heterocycles. The Bertz CT molecular complexity index is 1410. The minimum absolute atomic E-state index is 0.00104. The third-order valence-corrected chi connectivity index (χ3v) is 7.10. The van der Waals surface area contributed by atoms with E-state index in [1.165, 1.54) is 24.3 Å². The zero-order chi connectivity index (χ0) is 27.9. The van der Waals surface area contributed by atoms with Crippen LogP contribution >= 0.6 is 0 Å². The van der Waals surface area contributed by atoms with Crippen LogP contribution in [0.15, 0.2) is 71.6 Å². The van der Waals surface area contributed by atoms with Crippen LogP contribution in [0, 0.1) is 6.92 Å². The maximum absolute atomic E-state index is 13.1. The van der Waals surface area contributed by atoms with E-state index >= 15 is 0 Å². The van der Waals surface area contributed by atoms with Crippen LogP contribution in [0.5, 0.6) is 0 Å². The number of ether oxygens (including phenoxy) is 1. The van der Waals surface area contributed by atoms with Gasteiger partial charge in [0.1, 0.15) is 6.54 Å². The number of benzene rings is 3. The van der Waals surface area contributed by atoms with Crippen molar-refractivity contribution >= 4 is 38.9 Å². The van der Waals surface area contributed by atoms with Gasteiger partial charge in [0.05, 0.1) is 22.8 Å². The highest BCUT2D eigenvalue weighted by molar-refractivity contribution is 7.90. The van der Waals surface area contributed by atoms with Crippen LogP contribution in [-0.2, 0) is 31.3 Å². The molecular weight excluding hydrogens is 523 g/mol. The second-order valence-electron chi connectivity index (χ2n) is 8.25. The molecule has 0 bridgehead atoms. The smallest absolute Gasteiger partial charge is 0.416 e. The largest absolute Gasteiger partial charge is 0.465 e. The molecule has 0 aliphatic heterocycles. The summed E-state index contributed by atoms with van der Waals surface area (Å²) >= 11 is 0. The highest BCUT2D eigenvalue weighted by Gasteiger charge is 2.30. The van der Waals surface area contributed by atoms with Gasteiger partial charge in [-0.25, -0.2) is 13.2 Å². The summed E-state index contributed by atoms with van der Waals surface area (Å²) in [5.41, 5.74) is 0.748. The Balaban J connectivity index is 1.68. The second kappa shape index (κ2) is 12.0. The van der Waals surface area contributed by atoms with Gasteiger partial charge in [-0.1, -0.05) is 24.3 Å². The standard InChI is InChI=1S/C26H26F3N3O5S/c1-3-37-24(33)15-30-20-11-8-18(9-12-20)16-38(35,36)23-14-22(10-7-17(23)2)32-25(34)31-21-6-4-5-19(13-21)26(27,28)29/h4-14,30H,3,15-16H2,1-2H3,(H2,31,32,34). The van der Waals surface area contributed by atoms with E-state index in [9.17, 15) is 31.2 Å². The van der Waals surface area contributed by atoms with Crippen molar-refractivity contribution in [2.75, 3.05) is 29.1 Å². The average Bonchev–Trinajstić information content (AvgIpc) is 2.84. The van der Waals surface area contributed by atoms with Crippen molar-refractivity contribution in [3.05, 3.63) is 83.4 Å². The van der Waals surface area contributed by atoms with Crippen molar-refractivity contribution < 1.29 is 35.9 Å². The van der Waals surface area contributed by atoms with Gasteiger partial charge in [-0.05, 0) is 67.4 Å². The predicted molar refractivity (Wildman–Crippen MR) is 138 cm³/mol. The number of halogens is 3. The fraction of sp³-hybridized carbons (Fsp3) is 0.231. The molecule has 0 aliphatic carbocycles. The number of carbonyl (C=O) groups excluding carboxylic acids is 2. The number of amides is 2. The Morgan fingerprint density at radius 3 is 2.16 bits per heavy atom. The molecule has 0 unspecified atom stereocenters. The molecule has 12 heteroatoms. The molecule has 3 aromatic carbocycles. The number of urea groups is 1. The van der Waals surface area contributed by atoms with Crippen LogP contribution in [0.4, 0.5) is 35.0 Å². The SMILES string of the molecule is CCOC(=O)CNc1ccc(CS(=O)(=O)c2cc(NC(=O)Nc3cccc(C(F)(F)F)c3)ccc2C)cc1. The van der Waals surface area contributed by atoms with E-state index in [0.29, 0.717) is 16.8 Å². The maximum atomic E-state index is 13.1. The van der Waals surface area contributed by atoms with Gasteiger partial charge in [0, 0.05) is 17.1 Å². The number of esters is 1. The molecule has 38 heavy (non-hydrogen) atoms. The Kier molecular flexibility index (Phi) is 9.00. The summed E-state index contributed by atoms with van der Waals surface area (Å²) in [6.45, 7) is 3.57. The van der Waals surface area contributed by atoms with Crippen LogP contribution in [0.2, 0.25) is 0 Å². The number of sulfone groups is 1. The molecule has 0 atom stereocenters. The summed E-state index contributed by atoms with van der Waals surface area (Å²) in [6.07, 6.45) is -4.56. The molecule has 8 nitrogen and oxygen atoms in total. The fourth-order valence-corrected chi connectivity index (χ4v) is 5.13. The lowest BCUT2D eigenvalue weighted by Crippen LogP contribution is -2.20. The zero-order valence-corrected chi connectivity index (χ0v) is 21.4. The van der Waals surface area contributed by atoms with Crippen LogP contribution in [0.3, 0.4) is 0 Å². The van der Waals surface area contributed by atoms with Gasteiger partial charge >= 0.3 is 18.2 Å². The predicted octanol–water partition coefficient (Wildman–Crippen LogP) is 5.61. The molecule has 2 amide bonds. The van der Waals surface area contributed by atoms with Gasteiger partial charge in [0.2, 0.25) is 0 Å². The molecule has 202 valence electrons. The third-order valence-electron chi connectivity index (χ3n) is 5.28. The number of anilines is 3. The van der Waals surface area contributed by atoms with E-state index in [-0.39, 0.29) is 35.2 Å². The quantitative estimate of drug-likeness (QED) is 0.299. The van der Waals surface area contributed by atoms with Crippen molar-refractivity contribution in [1.82, 2.24) is 0 Å². The number of carbonyl (C=O) groups is 2. The summed E-state index contributed by atoms with van der Waals surface area (Å²) in [6, 6.07) is 14.1. The Hall–Kier alpha value is -4.06. The first-order valence-corrected chi connectivity index (χ1v) is 13.1. The van der Waals surface area contributed by atoms with Gasteiger partial charge in [0.25, 0.3) is 0 Å². The molecule has 0 heterocycles. The van der Waals surface area contributed by atoms with Crippen molar-refractivity contribution in [3.63, 3.8) is 0 Å². The Labute approximate surface area is 218 Å². The van der Waals surface area contributed by atoms with E-state index < -0.39 is 33.6 Å². The van der Waals surface area contributed by atoms with Crippen LogP contribution in [0.25, 0.3) is 0 Å². The summed E-state index contributed by atoms with van der Waals surface area (Å²) in [5, 5.41) is 7.65. The molecule has 3 aromatic rings. The van der Waals surface area contributed by atoms with Crippen molar-refractivity contribution in [2.24, 2.45) is 0 Å². The van der Waals surface area contributed by atoms with Gasteiger partial charge in [-0.3, -0.25) is 4.79 Å². The Morgan fingerprint density at radius 2 is 1.53 bits per heavy atom. The van der Waals surface area contributed by atoms with Crippen molar-refractivity contribution in [3.8, 4) is 0 Å². The average molecular weight is 550 g/mol. The van der Waals surface area contributed by atoms with E-state index in [0.717, 1.165) is 18.2 Å². The number of alkyl halides is 3. The van der Waals surface area contributed by atoms with E-state index in [4.69, 9.17) is 4.74 Å². The molecule has 3 rings (SSSR count). The van der Waals surface area contributed by atoms with Gasteiger partial charge < -0.3 is 20.7 Å². The Morgan fingerprint density at radius 1 is 0.895 bits per heavy atom. The summed E-state index contributed by atoms with van der Waals surface area (Å²) < 4.78 is 69.8. The maximum Gasteiger partial charge on any atom is 0.416 e. The number of hydrogen-bond donors (Lipinski definition) is 3. The van der Waals surface area contributed by atoms with Gasteiger partial charge in [-0.2, -0.15) is 13.2 Å². The number of hydrogen-bond acceptors (Lipinski definition) is 6. The number of aryl methyl sites for hydroxylation is 1. The molecular formula is C26H26F3N3O5S. The first kappa shape index (κ1) is 28.5. The molecule has 0 radical (unpaired) electrons. The lowest BCUT2D eigenvalue weighted by molar-refractivity contribution is -0.141. The lowest BCUT2D eigenvalue weighted by Gasteiger charge is -2.13. The molecule has 3 N–H and O–H groups in total. The highest BCUT2D eigenvalue weighted by atomic mass is 32.2. The summed E-state index contributed by atoms with van der Waals surface area (Å²) in [4.78, 5) is 23.8. The molecule has 0 saturated carbocycles. The van der Waals surface area contributed by atoms with Crippen molar-refractivity contribution in [1.29, 1.82) is 0 Å². The normalized spacial score (nSPS) is 11.5. The highest BCUT2D eigenvalue weighted by Crippen LogP contribution is 2.31. The van der Waals surface area contributed by atoms with Crippen molar-refractivity contribution in [2.45, 2.75) is 30.7 Å². The number of rotatable bonds is 9. The fourth-order valence-electron chi connectivity index (χ4n) is 3.48. The number of nitrogens with one attached hydrogen (secondary N) is 3. The first-order valence-electron chi connectivity index (χ1n) is 11.4. The van der Waals surface area contributed by atoms with Gasteiger partial charge in [0.15, 0.2) is 9.84 Å². The molecule has 0 fully saturated rings. The topological polar surface area (TPSA) is 114 Å². The van der Waals surface area contributed by atoms with Gasteiger partial charge in [-0.15, -0.1) is 0 Å². The van der Waals surface area contributed by atoms with E-state index in [1.807, 2.05) is 0 Å². The van der Waals surface area contributed by atoms with Crippen LogP contribution in [-0.4, -0.2) is 33.6 Å². The molecule has 0 saturated heterocycles. The monoisotopic (exact) mass is 549 g/mol. The van der Waals surface area contributed by atoms with E-state index in [1.54, 1.807) is 38.1 Å². The minimum Gasteiger partial charge on any atom is -0.465 e. The summed E-state index contributed by atoms with van der Waals surface area (Å²) in [7, 11) is -3.82. The summed E-state index contributed by atoms with van der Waals surface area (Å²) in [5.74, 6) is -0.724. The first-order chi connectivity index (χ1) is 17.9. The zero-order valence-electron chi connectivity index (χ0n) is 20.6. The lowest BCUT2D eigenvalue weighted by atomic mass is 10.2. The van der Waals surface area contributed by atoms with Crippen LogP contribution < -0.4 is 16.0 Å². The molecule has 0 spiro atoms. The van der Waals surface area contributed by atoms with E-state index in [2.05, 4.69) is 16.0 Å². The second-order valence-corrected chi connectivity index (χ2v) is 10.2. The minimum atomic E-state index is -4.56. The van der Waals surface area contributed by atoms with Crippen LogP contribution in [0.1, 0.15) is 23.6 Å².